The van der Waals surface area contributed by atoms with Crippen LogP contribution in [-0.2, 0) is 14.3 Å². The van der Waals surface area contributed by atoms with Crippen LogP contribution >= 0.6 is 0 Å². The van der Waals surface area contributed by atoms with Crippen LogP contribution in [0, 0.1) is 0 Å². The number of rotatable bonds is 52. The average Bonchev–Trinajstić information content (AvgIpc) is 3.39. The van der Waals surface area contributed by atoms with Crippen molar-refractivity contribution in [3.05, 3.63) is 72.9 Å². The van der Waals surface area contributed by atoms with Crippen LogP contribution in [0.1, 0.15) is 271 Å². The van der Waals surface area contributed by atoms with Gasteiger partial charge in [0.1, 0.15) is 24.4 Å². The number of ether oxygens (including phenoxy) is 2. The molecule has 1 saturated heterocycles. The Morgan fingerprint density at radius 3 is 1.26 bits per heavy atom. The molecule has 0 aromatic rings. The Morgan fingerprint density at radius 1 is 0.479 bits per heavy atom. The maximum atomic E-state index is 13.1. The molecule has 9 nitrogen and oxygen atoms in total. The predicted octanol–water partition coefficient (Wildman–Crippen LogP) is 15.6. The maximum Gasteiger partial charge on any atom is 0.220 e. The third-order valence-electron chi connectivity index (χ3n) is 14.3. The monoisotopic (exact) mass is 1030 g/mol. The molecular formula is C64H115NO8. The van der Waals surface area contributed by atoms with E-state index in [1.54, 1.807) is 0 Å². The van der Waals surface area contributed by atoms with E-state index in [2.05, 4.69) is 92.1 Å². The lowest BCUT2D eigenvalue weighted by molar-refractivity contribution is -0.302. The number of hydrogen-bond acceptors (Lipinski definition) is 8. The summed E-state index contributed by atoms with van der Waals surface area (Å²) >= 11 is 0. The minimum absolute atomic E-state index is 0.138. The van der Waals surface area contributed by atoms with Crippen molar-refractivity contribution in [2.45, 2.75) is 314 Å². The highest BCUT2D eigenvalue weighted by molar-refractivity contribution is 5.76. The SMILES string of the molecule is CC/C=C\C/C=C\C/C=C\C/C=C\C/C=C\C/C=C\CCCCCCCCCCCCCCCCCCC(=O)NC(COC1OC(CO)C(O)C(O)C1O)C(O)CCCCCCCCCCCCCCCCC. The van der Waals surface area contributed by atoms with E-state index in [1.807, 2.05) is 0 Å². The van der Waals surface area contributed by atoms with Crippen LogP contribution in [0.3, 0.4) is 0 Å². The molecule has 7 atom stereocenters. The molecule has 424 valence electrons. The van der Waals surface area contributed by atoms with Gasteiger partial charge in [-0.3, -0.25) is 4.79 Å². The van der Waals surface area contributed by atoms with Crippen molar-refractivity contribution in [1.29, 1.82) is 0 Å². The third-order valence-corrected chi connectivity index (χ3v) is 14.3. The molecule has 0 bridgehead atoms. The Balaban J connectivity index is 2.11. The topological polar surface area (TPSA) is 149 Å². The zero-order valence-corrected chi connectivity index (χ0v) is 47.1. The summed E-state index contributed by atoms with van der Waals surface area (Å²) in [6.07, 6.45) is 66.5. The summed E-state index contributed by atoms with van der Waals surface area (Å²) in [5, 5.41) is 54.7. The van der Waals surface area contributed by atoms with Gasteiger partial charge in [0.15, 0.2) is 6.29 Å². The van der Waals surface area contributed by atoms with Crippen molar-refractivity contribution in [2.75, 3.05) is 13.2 Å². The number of amides is 1. The van der Waals surface area contributed by atoms with E-state index >= 15 is 0 Å². The third kappa shape index (κ3) is 42.4. The number of carbonyl (C=O) groups is 1. The maximum absolute atomic E-state index is 13.1. The van der Waals surface area contributed by atoms with Crippen LogP contribution in [0.2, 0.25) is 0 Å². The minimum atomic E-state index is -1.55. The molecule has 0 spiro atoms. The van der Waals surface area contributed by atoms with E-state index in [9.17, 15) is 30.3 Å². The van der Waals surface area contributed by atoms with Crippen molar-refractivity contribution in [3.63, 3.8) is 0 Å². The van der Waals surface area contributed by atoms with E-state index in [4.69, 9.17) is 9.47 Å². The first-order chi connectivity index (χ1) is 35.8. The van der Waals surface area contributed by atoms with E-state index < -0.39 is 49.5 Å². The molecule has 1 aliphatic heterocycles. The Hall–Kier alpha value is -2.37. The smallest absolute Gasteiger partial charge is 0.220 e. The van der Waals surface area contributed by atoms with Crippen LogP contribution in [0.15, 0.2) is 72.9 Å². The highest BCUT2D eigenvalue weighted by Crippen LogP contribution is 2.23. The fourth-order valence-corrected chi connectivity index (χ4v) is 9.52. The Labute approximate surface area is 448 Å². The largest absolute Gasteiger partial charge is 0.394 e. The number of aliphatic hydroxyl groups is 5. The van der Waals surface area contributed by atoms with Gasteiger partial charge in [-0.05, 0) is 64.2 Å². The summed E-state index contributed by atoms with van der Waals surface area (Å²) in [6.45, 7) is 3.74. The van der Waals surface area contributed by atoms with E-state index in [0.29, 0.717) is 12.8 Å². The number of nitrogens with one attached hydrogen (secondary N) is 1. The molecule has 0 aromatic heterocycles. The van der Waals surface area contributed by atoms with Gasteiger partial charge in [-0.25, -0.2) is 0 Å². The first kappa shape index (κ1) is 68.6. The minimum Gasteiger partial charge on any atom is -0.394 e. The van der Waals surface area contributed by atoms with Gasteiger partial charge in [0, 0.05) is 6.42 Å². The molecule has 0 aliphatic carbocycles. The fourth-order valence-electron chi connectivity index (χ4n) is 9.52. The fraction of sp³-hybridized carbons (Fsp3) is 0.797. The quantitative estimate of drug-likeness (QED) is 0.0261. The molecule has 9 heteroatoms. The first-order valence-corrected chi connectivity index (χ1v) is 30.6. The summed E-state index contributed by atoms with van der Waals surface area (Å²) < 4.78 is 11.3. The molecule has 1 amide bonds. The highest BCUT2D eigenvalue weighted by atomic mass is 16.7. The number of hydrogen-bond donors (Lipinski definition) is 6. The number of unbranched alkanes of at least 4 members (excludes halogenated alkanes) is 30. The van der Waals surface area contributed by atoms with Gasteiger partial charge in [0.05, 0.1) is 25.4 Å². The van der Waals surface area contributed by atoms with Crippen LogP contribution in [0.4, 0.5) is 0 Å². The van der Waals surface area contributed by atoms with Crippen molar-refractivity contribution in [2.24, 2.45) is 0 Å². The predicted molar refractivity (Wildman–Crippen MR) is 309 cm³/mol. The zero-order valence-electron chi connectivity index (χ0n) is 47.1. The molecule has 0 saturated carbocycles. The van der Waals surface area contributed by atoms with E-state index in [0.717, 1.165) is 77.0 Å². The van der Waals surface area contributed by atoms with E-state index in [1.165, 1.54) is 167 Å². The van der Waals surface area contributed by atoms with Crippen LogP contribution < -0.4 is 5.32 Å². The lowest BCUT2D eigenvalue weighted by Crippen LogP contribution is -2.60. The summed E-state index contributed by atoms with van der Waals surface area (Å²) in [5.41, 5.74) is 0. The molecule has 73 heavy (non-hydrogen) atoms. The Bertz CT molecular complexity index is 1380. The van der Waals surface area contributed by atoms with Crippen LogP contribution in [0.25, 0.3) is 0 Å². The lowest BCUT2D eigenvalue weighted by Gasteiger charge is -2.40. The Morgan fingerprint density at radius 2 is 0.849 bits per heavy atom. The number of carbonyl (C=O) groups excluding carboxylic acids is 1. The summed E-state index contributed by atoms with van der Waals surface area (Å²) in [5.74, 6) is -0.144. The normalized spacial score (nSPS) is 19.6. The molecule has 1 heterocycles. The van der Waals surface area contributed by atoms with Gasteiger partial charge < -0.3 is 40.3 Å². The lowest BCUT2D eigenvalue weighted by atomic mass is 9.99. The summed E-state index contributed by atoms with van der Waals surface area (Å²) in [4.78, 5) is 13.1. The molecule has 1 aliphatic rings. The summed E-state index contributed by atoms with van der Waals surface area (Å²) in [7, 11) is 0. The number of aliphatic hydroxyl groups excluding tert-OH is 5. The average molecular weight is 1030 g/mol. The Kier molecular flexibility index (Phi) is 49.9. The second kappa shape index (κ2) is 53.0. The molecular weight excluding hydrogens is 911 g/mol. The zero-order chi connectivity index (χ0) is 52.9. The molecule has 7 unspecified atom stereocenters. The second-order valence-corrected chi connectivity index (χ2v) is 21.1. The van der Waals surface area contributed by atoms with Crippen molar-refractivity contribution < 1.29 is 39.8 Å². The number of allylic oxidation sites excluding steroid dienone is 12. The molecule has 6 N–H and O–H groups in total. The first-order valence-electron chi connectivity index (χ1n) is 30.6. The van der Waals surface area contributed by atoms with E-state index in [-0.39, 0.29) is 12.5 Å². The van der Waals surface area contributed by atoms with Crippen LogP contribution in [-0.4, -0.2) is 87.5 Å². The van der Waals surface area contributed by atoms with Gasteiger partial charge in [-0.15, -0.1) is 0 Å². The van der Waals surface area contributed by atoms with Gasteiger partial charge >= 0.3 is 0 Å². The molecule has 1 rings (SSSR count). The second-order valence-electron chi connectivity index (χ2n) is 21.1. The van der Waals surface area contributed by atoms with Gasteiger partial charge in [0.2, 0.25) is 5.91 Å². The van der Waals surface area contributed by atoms with Gasteiger partial charge in [0.25, 0.3) is 0 Å². The van der Waals surface area contributed by atoms with Gasteiger partial charge in [-0.1, -0.05) is 273 Å². The molecule has 1 fully saturated rings. The van der Waals surface area contributed by atoms with Crippen LogP contribution in [0.5, 0.6) is 0 Å². The molecule has 0 aromatic carbocycles. The van der Waals surface area contributed by atoms with Crippen molar-refractivity contribution in [3.8, 4) is 0 Å². The van der Waals surface area contributed by atoms with Crippen molar-refractivity contribution >= 4 is 5.91 Å². The van der Waals surface area contributed by atoms with Crippen molar-refractivity contribution in [1.82, 2.24) is 5.32 Å². The highest BCUT2D eigenvalue weighted by Gasteiger charge is 2.44. The van der Waals surface area contributed by atoms with Gasteiger partial charge in [-0.2, -0.15) is 0 Å². The molecule has 0 radical (unpaired) electrons. The summed E-state index contributed by atoms with van der Waals surface area (Å²) in [6, 6.07) is -0.721. The standard InChI is InChI=1S/C64H115NO8/c1-3-5-7-9-11-13-15-17-19-20-21-22-23-24-25-26-27-28-29-30-31-32-33-34-35-36-37-38-40-42-44-46-48-50-52-54-60(68)65-57(56-72-64-63(71)62(70)61(69)59(55-66)73-64)58(67)53-51-49-47-45-43-41-39-18-16-14-12-10-8-6-4-2/h5,7,11,13,17,19,21-22,24-25,27-28,57-59,61-64,66-67,69-71H,3-4,6,8-10,12,14-16,18,20,23,26,29-56H2,1-2H3,(H,65,68)/b7-5-,13-11-,19-17-,22-21-,25-24-,28-27-.